The minimum Gasteiger partial charge on any atom is -0.494 e. The zero-order valence-corrected chi connectivity index (χ0v) is 47.8. The highest BCUT2D eigenvalue weighted by Gasteiger charge is 2.14. The largest absolute Gasteiger partial charge is 0.494 e. The summed E-state index contributed by atoms with van der Waals surface area (Å²) in [6, 6.07) is 29.9. The summed E-state index contributed by atoms with van der Waals surface area (Å²) in [4.78, 5) is 34.8. The van der Waals surface area contributed by atoms with Gasteiger partial charge in [-0.1, -0.05) is 238 Å². The fourth-order valence-electron chi connectivity index (χ4n) is 9.30. The topological polar surface area (TPSA) is 95.8 Å². The highest BCUT2D eigenvalue weighted by molar-refractivity contribution is 5.92. The molecule has 0 N–H and O–H groups in total. The average Bonchev–Trinajstić information content (AvgIpc) is 3.45. The molecule has 0 spiro atoms. The Morgan fingerprint density at radius 2 is 0.632 bits per heavy atom. The van der Waals surface area contributed by atoms with Gasteiger partial charge in [0.25, 0.3) is 0 Å². The quantitative estimate of drug-likeness (QED) is 0.0249. The number of ether oxygens (including phenoxy) is 4. The number of esters is 2. The maximum Gasteiger partial charge on any atom is 0.338 e. The lowest BCUT2D eigenvalue weighted by Gasteiger charge is -2.13. The number of rotatable bonds is 46. The molecule has 0 aliphatic heterocycles. The van der Waals surface area contributed by atoms with Crippen LogP contribution in [0.25, 0.3) is 0 Å². The summed E-state index contributed by atoms with van der Waals surface area (Å²) < 4.78 is 23.0. The second kappa shape index (κ2) is 42.8. The van der Waals surface area contributed by atoms with Gasteiger partial charge in [0.1, 0.15) is 11.5 Å². The molecule has 0 amide bonds. The molecule has 0 aliphatic rings. The zero-order valence-electron chi connectivity index (χ0n) is 47.8. The van der Waals surface area contributed by atoms with Crippen LogP contribution in [-0.4, -0.2) is 50.8 Å². The van der Waals surface area contributed by atoms with Gasteiger partial charge >= 0.3 is 11.9 Å². The van der Waals surface area contributed by atoms with Crippen LogP contribution in [-0.2, 0) is 9.47 Å². The van der Waals surface area contributed by atoms with E-state index < -0.39 is 11.9 Å². The SMILES string of the molecule is CCCCCCCCCCCCCCCCCCOc1ccc(N=Cc2ccc(C(=O)OCC(C)COC(=O)c3ccc(C=Nc4ccc(OCCCCCCCCCCCCCCCCCC)cc4)cc3)cc2)cc1. The van der Waals surface area contributed by atoms with E-state index in [1.807, 2.05) is 79.7 Å². The molecule has 0 unspecified atom stereocenters. The Bertz CT molecular complexity index is 1950. The van der Waals surface area contributed by atoms with Crippen molar-refractivity contribution in [2.24, 2.45) is 15.9 Å². The Kier molecular flexibility index (Phi) is 35.7. The molecule has 0 heterocycles. The molecule has 4 rings (SSSR count). The molecule has 4 aromatic rings. The van der Waals surface area contributed by atoms with Crippen molar-refractivity contribution in [3.05, 3.63) is 119 Å². The fraction of sp³-hybridized carbons (Fsp3) is 0.588. The lowest BCUT2D eigenvalue weighted by molar-refractivity contribution is 0.0282. The first-order chi connectivity index (χ1) is 37.4. The van der Waals surface area contributed by atoms with Gasteiger partial charge in [0.15, 0.2) is 0 Å². The van der Waals surface area contributed by atoms with Gasteiger partial charge in [-0.25, -0.2) is 9.59 Å². The molecule has 8 nitrogen and oxygen atoms in total. The number of carbonyl (C=O) groups excluding carboxylic acids is 2. The van der Waals surface area contributed by atoms with E-state index in [-0.39, 0.29) is 19.1 Å². The minimum absolute atomic E-state index is 0.122. The molecule has 0 radical (unpaired) electrons. The smallest absolute Gasteiger partial charge is 0.338 e. The van der Waals surface area contributed by atoms with E-state index in [1.54, 1.807) is 36.7 Å². The van der Waals surface area contributed by atoms with Crippen molar-refractivity contribution in [1.82, 2.24) is 0 Å². The normalized spacial score (nSPS) is 11.9. The van der Waals surface area contributed by atoms with Crippen LogP contribution in [0.3, 0.4) is 0 Å². The average molecular weight is 1040 g/mol. The van der Waals surface area contributed by atoms with E-state index in [9.17, 15) is 9.59 Å². The Morgan fingerprint density at radius 1 is 0.368 bits per heavy atom. The first kappa shape index (κ1) is 63.3. The Hall–Kier alpha value is -5.24. The lowest BCUT2D eigenvalue weighted by atomic mass is 10.0. The van der Waals surface area contributed by atoms with Crippen LogP contribution in [0.4, 0.5) is 11.4 Å². The third kappa shape index (κ3) is 31.1. The van der Waals surface area contributed by atoms with Crippen molar-refractivity contribution in [2.45, 2.75) is 226 Å². The minimum atomic E-state index is -0.431. The molecule has 4 aromatic carbocycles. The lowest BCUT2D eigenvalue weighted by Crippen LogP contribution is -2.18. The number of nitrogens with zero attached hydrogens (tertiary/aromatic N) is 2. The molecular formula is C68H100N2O6. The van der Waals surface area contributed by atoms with Crippen LogP contribution in [0, 0.1) is 5.92 Å². The predicted octanol–water partition coefficient (Wildman–Crippen LogP) is 20.1. The monoisotopic (exact) mass is 1040 g/mol. The number of aliphatic imine (C=N–C) groups is 2. The highest BCUT2D eigenvalue weighted by atomic mass is 16.5. The predicted molar refractivity (Wildman–Crippen MR) is 320 cm³/mol. The first-order valence-electron chi connectivity index (χ1n) is 30.5. The second-order valence-corrected chi connectivity index (χ2v) is 21.4. The van der Waals surface area contributed by atoms with E-state index in [0.717, 1.165) is 60.1 Å². The summed E-state index contributed by atoms with van der Waals surface area (Å²) in [5.41, 5.74) is 4.27. The molecule has 0 atom stereocenters. The van der Waals surface area contributed by atoms with Crippen molar-refractivity contribution in [3.8, 4) is 11.5 Å². The molecule has 0 saturated carbocycles. The molecule has 418 valence electrons. The van der Waals surface area contributed by atoms with Gasteiger partial charge < -0.3 is 18.9 Å². The summed E-state index contributed by atoms with van der Waals surface area (Å²) in [6.07, 6.45) is 47.1. The van der Waals surface area contributed by atoms with Gasteiger partial charge in [-0.15, -0.1) is 0 Å². The highest BCUT2D eigenvalue weighted by Crippen LogP contribution is 2.22. The van der Waals surface area contributed by atoms with Crippen LogP contribution < -0.4 is 9.47 Å². The van der Waals surface area contributed by atoms with Crippen LogP contribution in [0.1, 0.15) is 258 Å². The van der Waals surface area contributed by atoms with Gasteiger partial charge in [-0.3, -0.25) is 9.98 Å². The van der Waals surface area contributed by atoms with Gasteiger partial charge in [0.2, 0.25) is 0 Å². The third-order valence-corrected chi connectivity index (χ3v) is 14.2. The molecule has 0 fully saturated rings. The van der Waals surface area contributed by atoms with Crippen LogP contribution >= 0.6 is 0 Å². The van der Waals surface area contributed by atoms with Crippen LogP contribution in [0.2, 0.25) is 0 Å². The number of unbranched alkanes of at least 4 members (excludes halogenated alkanes) is 30. The standard InChI is InChI=1S/C68H100N2O6/c1-4-6-8-10-12-14-16-18-20-22-24-26-28-30-32-34-52-73-65-48-44-63(45-49-65)69-54-59-36-40-61(41-37-59)67(71)75-56-58(3)57-76-68(72)62-42-38-60(39-43-62)55-70-64-46-50-66(51-47-64)74-53-35-33-31-29-27-25-23-21-19-17-15-13-11-9-7-5-2/h36-51,54-55,58H,4-35,52-53,56-57H2,1-3H3. The Balaban J connectivity index is 0.982. The molecular weight excluding hydrogens is 941 g/mol. The molecule has 76 heavy (non-hydrogen) atoms. The van der Waals surface area contributed by atoms with E-state index in [1.165, 1.54) is 193 Å². The number of hydrogen-bond donors (Lipinski definition) is 0. The summed E-state index contributed by atoms with van der Waals surface area (Å²) in [7, 11) is 0. The van der Waals surface area contributed by atoms with Gasteiger partial charge in [-0.05, 0) is 96.8 Å². The number of carbonyl (C=O) groups is 2. The van der Waals surface area contributed by atoms with Gasteiger partial charge in [0, 0.05) is 18.3 Å². The molecule has 8 heteroatoms. The third-order valence-electron chi connectivity index (χ3n) is 14.2. The molecule has 0 aliphatic carbocycles. The van der Waals surface area contributed by atoms with E-state index >= 15 is 0 Å². The van der Waals surface area contributed by atoms with Crippen molar-refractivity contribution in [3.63, 3.8) is 0 Å². The van der Waals surface area contributed by atoms with Crippen LogP contribution in [0.15, 0.2) is 107 Å². The molecule has 0 aromatic heterocycles. The summed E-state index contributed by atoms with van der Waals surface area (Å²) in [5.74, 6) is 0.678. The van der Waals surface area contributed by atoms with Crippen molar-refractivity contribution < 1.29 is 28.5 Å². The van der Waals surface area contributed by atoms with Gasteiger partial charge in [0.05, 0.1) is 48.9 Å². The maximum absolute atomic E-state index is 12.8. The van der Waals surface area contributed by atoms with E-state index in [2.05, 4.69) is 23.8 Å². The maximum atomic E-state index is 12.8. The first-order valence-corrected chi connectivity index (χ1v) is 30.5. The molecule has 0 saturated heterocycles. The van der Waals surface area contributed by atoms with E-state index in [0.29, 0.717) is 11.1 Å². The number of benzene rings is 4. The number of hydrogen-bond acceptors (Lipinski definition) is 8. The van der Waals surface area contributed by atoms with E-state index in [4.69, 9.17) is 18.9 Å². The van der Waals surface area contributed by atoms with Gasteiger partial charge in [-0.2, -0.15) is 0 Å². The summed E-state index contributed by atoms with van der Waals surface area (Å²) in [5, 5.41) is 0. The summed E-state index contributed by atoms with van der Waals surface area (Å²) >= 11 is 0. The van der Waals surface area contributed by atoms with Crippen molar-refractivity contribution >= 4 is 35.7 Å². The van der Waals surface area contributed by atoms with Crippen molar-refractivity contribution in [2.75, 3.05) is 26.4 Å². The second-order valence-electron chi connectivity index (χ2n) is 21.4. The fourth-order valence-corrected chi connectivity index (χ4v) is 9.30. The molecule has 0 bridgehead atoms. The Morgan fingerprint density at radius 3 is 0.908 bits per heavy atom. The van der Waals surface area contributed by atoms with Crippen LogP contribution in [0.5, 0.6) is 11.5 Å². The summed E-state index contributed by atoms with van der Waals surface area (Å²) in [6.45, 7) is 8.17. The Labute approximate surface area is 461 Å². The van der Waals surface area contributed by atoms with Crippen molar-refractivity contribution in [1.29, 1.82) is 0 Å². The zero-order chi connectivity index (χ0) is 53.8.